The van der Waals surface area contributed by atoms with Crippen molar-refractivity contribution in [2.45, 2.75) is 62.3 Å². The minimum absolute atomic E-state index is 0.188. The Labute approximate surface area is 206 Å². The van der Waals surface area contributed by atoms with Crippen molar-refractivity contribution in [3.05, 3.63) is 71.8 Å². The molecule has 34 heavy (non-hydrogen) atoms. The first-order valence-electron chi connectivity index (χ1n) is 11.4. The molecule has 0 aliphatic rings. The van der Waals surface area contributed by atoms with Crippen molar-refractivity contribution in [1.29, 1.82) is 0 Å². The van der Waals surface area contributed by atoms with Gasteiger partial charge in [0, 0.05) is 32.4 Å². The number of hydrogen-bond acceptors (Lipinski definition) is 5. The average Bonchev–Trinajstić information content (AvgIpc) is 2.79. The van der Waals surface area contributed by atoms with Crippen LogP contribution in [0.2, 0.25) is 0 Å². The third-order valence-corrected chi connectivity index (χ3v) is 6.90. The maximum absolute atomic E-state index is 11.1. The Bertz CT molecular complexity index is 1300. The molecule has 4 rings (SSSR count). The lowest BCUT2D eigenvalue weighted by molar-refractivity contribution is 0.415. The lowest BCUT2D eigenvalue weighted by Gasteiger charge is -2.28. The number of hydrogen-bond donors (Lipinski definition) is 1. The van der Waals surface area contributed by atoms with Gasteiger partial charge in [-0.2, -0.15) is 0 Å². The number of fused-ring (bicyclic) bond motifs is 1. The Kier molecular flexibility index (Phi) is 6.34. The van der Waals surface area contributed by atoms with Gasteiger partial charge in [0.15, 0.2) is 0 Å². The van der Waals surface area contributed by atoms with Crippen LogP contribution >= 0.6 is 11.8 Å². The van der Waals surface area contributed by atoms with Crippen molar-refractivity contribution in [2.24, 2.45) is 0 Å². The average molecular weight is 473 g/mol. The summed E-state index contributed by atoms with van der Waals surface area (Å²) in [7, 11) is 1.66. The first kappa shape index (κ1) is 24.1. The van der Waals surface area contributed by atoms with Gasteiger partial charge >= 0.3 is 0 Å². The highest BCUT2D eigenvalue weighted by Crippen LogP contribution is 2.44. The SMILES string of the molecule is COc1ccc(-c2nnc(Sc3cc(C(C)(C)C)c(O)c(C(C)(C)C)c3)c3ccccc23)cc1. The molecule has 0 amide bonds. The molecule has 0 unspecified atom stereocenters. The van der Waals surface area contributed by atoms with E-state index >= 15 is 0 Å². The van der Waals surface area contributed by atoms with Gasteiger partial charge in [-0.3, -0.25) is 0 Å². The quantitative estimate of drug-likeness (QED) is 0.329. The van der Waals surface area contributed by atoms with Gasteiger partial charge < -0.3 is 9.84 Å². The fourth-order valence-electron chi connectivity index (χ4n) is 4.04. The van der Waals surface area contributed by atoms with Crippen molar-refractivity contribution < 1.29 is 9.84 Å². The Morgan fingerprint density at radius 3 is 1.85 bits per heavy atom. The van der Waals surface area contributed by atoms with Crippen LogP contribution in [0.5, 0.6) is 11.5 Å². The molecule has 0 radical (unpaired) electrons. The molecule has 176 valence electrons. The molecule has 0 aliphatic heterocycles. The summed E-state index contributed by atoms with van der Waals surface area (Å²) >= 11 is 1.59. The molecule has 1 heterocycles. The van der Waals surface area contributed by atoms with Gasteiger partial charge in [-0.05, 0) is 47.2 Å². The van der Waals surface area contributed by atoms with E-state index in [9.17, 15) is 5.11 Å². The van der Waals surface area contributed by atoms with E-state index < -0.39 is 0 Å². The van der Waals surface area contributed by atoms with Crippen LogP contribution in [0.1, 0.15) is 52.7 Å². The lowest BCUT2D eigenvalue weighted by Crippen LogP contribution is -2.17. The van der Waals surface area contributed by atoms with E-state index in [4.69, 9.17) is 4.74 Å². The molecule has 0 aliphatic carbocycles. The fourth-order valence-corrected chi connectivity index (χ4v) is 4.99. The number of benzene rings is 3. The standard InChI is InChI=1S/C29H32N2O2S/c1-28(2,3)23-16-20(17-24(26(23)32)29(4,5)6)34-27-22-11-9-8-10-21(22)25(30-31-27)18-12-14-19(33-7)15-13-18/h8-17,32H,1-7H3. The number of nitrogens with zero attached hydrogens (tertiary/aromatic N) is 2. The summed E-state index contributed by atoms with van der Waals surface area (Å²) in [6, 6.07) is 20.3. The summed E-state index contributed by atoms with van der Waals surface area (Å²) < 4.78 is 5.30. The van der Waals surface area contributed by atoms with Crippen molar-refractivity contribution in [1.82, 2.24) is 10.2 Å². The maximum Gasteiger partial charge on any atom is 0.131 e. The highest BCUT2D eigenvalue weighted by atomic mass is 32.2. The number of phenols is 1. The predicted octanol–water partition coefficient (Wildman–Crippen LogP) is 7.76. The zero-order chi connectivity index (χ0) is 24.7. The summed E-state index contributed by atoms with van der Waals surface area (Å²) in [5.41, 5.74) is 3.35. The first-order valence-corrected chi connectivity index (χ1v) is 12.3. The zero-order valence-electron chi connectivity index (χ0n) is 20.9. The van der Waals surface area contributed by atoms with Crippen LogP contribution < -0.4 is 4.74 Å². The van der Waals surface area contributed by atoms with Crippen LogP contribution in [0.3, 0.4) is 0 Å². The molecule has 4 aromatic rings. The van der Waals surface area contributed by atoms with Crippen LogP contribution in [-0.4, -0.2) is 22.4 Å². The summed E-state index contributed by atoms with van der Waals surface area (Å²) in [5.74, 6) is 1.19. The minimum atomic E-state index is -0.188. The van der Waals surface area contributed by atoms with Crippen LogP contribution in [-0.2, 0) is 10.8 Å². The fraction of sp³-hybridized carbons (Fsp3) is 0.310. The van der Waals surface area contributed by atoms with Gasteiger partial charge in [0.2, 0.25) is 0 Å². The molecule has 0 bridgehead atoms. The molecule has 3 aromatic carbocycles. The van der Waals surface area contributed by atoms with Crippen LogP contribution in [0.15, 0.2) is 70.6 Å². The Hall–Kier alpha value is -3.05. The van der Waals surface area contributed by atoms with E-state index in [1.807, 2.05) is 36.4 Å². The molecule has 0 fully saturated rings. The van der Waals surface area contributed by atoms with Crippen molar-refractivity contribution >= 4 is 22.5 Å². The first-order chi connectivity index (χ1) is 16.0. The predicted molar refractivity (Wildman–Crippen MR) is 141 cm³/mol. The van der Waals surface area contributed by atoms with Crippen LogP contribution in [0.4, 0.5) is 0 Å². The van der Waals surface area contributed by atoms with Gasteiger partial charge in [0.25, 0.3) is 0 Å². The number of aromatic hydroxyl groups is 1. The normalized spacial score (nSPS) is 12.2. The molecule has 0 saturated carbocycles. The second-order valence-corrected chi connectivity index (χ2v) is 11.7. The Morgan fingerprint density at radius 1 is 0.765 bits per heavy atom. The third kappa shape index (κ3) is 4.76. The van der Waals surface area contributed by atoms with Crippen molar-refractivity contribution in [3.8, 4) is 22.8 Å². The molecule has 1 N–H and O–H groups in total. The number of ether oxygens (including phenoxy) is 1. The summed E-state index contributed by atoms with van der Waals surface area (Å²) in [6.07, 6.45) is 0. The molecule has 1 aromatic heterocycles. The summed E-state index contributed by atoms with van der Waals surface area (Å²) in [5, 5.41) is 23.3. The van der Waals surface area contributed by atoms with Crippen molar-refractivity contribution in [2.75, 3.05) is 7.11 Å². The van der Waals surface area contributed by atoms with Gasteiger partial charge in [-0.25, -0.2) is 0 Å². The second-order valence-electron chi connectivity index (χ2n) is 10.6. The smallest absolute Gasteiger partial charge is 0.131 e. The molecule has 0 atom stereocenters. The lowest BCUT2D eigenvalue weighted by atomic mass is 9.79. The Morgan fingerprint density at radius 2 is 1.32 bits per heavy atom. The molecular weight excluding hydrogens is 440 g/mol. The molecular formula is C29H32N2O2S. The molecule has 5 heteroatoms. The Balaban J connectivity index is 1.83. The van der Waals surface area contributed by atoms with Gasteiger partial charge in [0.05, 0.1) is 7.11 Å². The van der Waals surface area contributed by atoms with E-state index in [2.05, 4.69) is 76.0 Å². The zero-order valence-corrected chi connectivity index (χ0v) is 21.7. The number of phenolic OH excluding ortho intramolecular Hbond substituents is 1. The number of methoxy groups -OCH3 is 1. The highest BCUT2D eigenvalue weighted by Gasteiger charge is 2.27. The summed E-state index contributed by atoms with van der Waals surface area (Å²) in [6.45, 7) is 12.8. The third-order valence-electron chi connectivity index (χ3n) is 5.93. The van der Waals surface area contributed by atoms with Crippen molar-refractivity contribution in [3.63, 3.8) is 0 Å². The highest BCUT2D eigenvalue weighted by molar-refractivity contribution is 7.99. The van der Waals surface area contributed by atoms with Crippen LogP contribution in [0.25, 0.3) is 22.0 Å². The van der Waals surface area contributed by atoms with Gasteiger partial charge in [0.1, 0.15) is 22.2 Å². The molecule has 0 saturated heterocycles. The minimum Gasteiger partial charge on any atom is -0.507 e. The maximum atomic E-state index is 11.1. The second kappa shape index (κ2) is 8.95. The van der Waals surface area contributed by atoms with Gasteiger partial charge in [-0.1, -0.05) is 77.6 Å². The van der Waals surface area contributed by atoms with E-state index in [-0.39, 0.29) is 10.8 Å². The van der Waals surface area contributed by atoms with E-state index in [0.717, 1.165) is 48.8 Å². The molecule has 0 spiro atoms. The van der Waals surface area contributed by atoms with E-state index in [1.165, 1.54) is 0 Å². The number of rotatable bonds is 4. The van der Waals surface area contributed by atoms with E-state index in [0.29, 0.717) is 5.75 Å². The molecule has 4 nitrogen and oxygen atoms in total. The monoisotopic (exact) mass is 472 g/mol. The van der Waals surface area contributed by atoms with Gasteiger partial charge in [-0.15, -0.1) is 10.2 Å². The number of aromatic nitrogens is 2. The summed E-state index contributed by atoms with van der Waals surface area (Å²) in [4.78, 5) is 1.05. The van der Waals surface area contributed by atoms with E-state index in [1.54, 1.807) is 18.9 Å². The van der Waals surface area contributed by atoms with Crippen LogP contribution in [0, 0.1) is 0 Å². The topological polar surface area (TPSA) is 55.2 Å². The largest absolute Gasteiger partial charge is 0.507 e.